The van der Waals surface area contributed by atoms with Crippen molar-refractivity contribution in [1.29, 1.82) is 0 Å². The number of carbonyl (C=O) groups excluding carboxylic acids is 1. The van der Waals surface area contributed by atoms with Crippen LogP contribution in [-0.4, -0.2) is 54.7 Å². The van der Waals surface area contributed by atoms with Crippen molar-refractivity contribution in [3.05, 3.63) is 96.7 Å². The van der Waals surface area contributed by atoms with Crippen molar-refractivity contribution in [3.8, 4) is 17.2 Å². The first-order valence-electron chi connectivity index (χ1n) is 13.6. The predicted molar refractivity (Wildman–Crippen MR) is 164 cm³/mol. The molecule has 0 fully saturated rings. The quantitative estimate of drug-likeness (QED) is 0.152. The van der Waals surface area contributed by atoms with Crippen molar-refractivity contribution in [2.45, 2.75) is 12.8 Å². The monoisotopic (exact) mass is 550 g/mol. The molecule has 9 heteroatoms. The lowest BCUT2D eigenvalue weighted by molar-refractivity contribution is 0.262. The van der Waals surface area contributed by atoms with Gasteiger partial charge >= 0.3 is 6.03 Å². The van der Waals surface area contributed by atoms with E-state index in [4.69, 9.17) is 14.1 Å². The summed E-state index contributed by atoms with van der Waals surface area (Å²) in [6.07, 6.45) is 3.48. The third-order valence-corrected chi connectivity index (χ3v) is 6.39. The second-order valence-electron chi connectivity index (χ2n) is 9.88. The van der Waals surface area contributed by atoms with Crippen molar-refractivity contribution in [1.82, 2.24) is 14.9 Å². The summed E-state index contributed by atoms with van der Waals surface area (Å²) in [6.45, 7) is 2.36. The molecule has 41 heavy (non-hydrogen) atoms. The number of nitrogens with zero attached hydrogens (tertiary/aromatic N) is 3. The van der Waals surface area contributed by atoms with Crippen LogP contribution in [0, 0.1) is 0 Å². The molecule has 0 radical (unpaired) electrons. The Morgan fingerprint density at radius 2 is 1.63 bits per heavy atom. The van der Waals surface area contributed by atoms with Gasteiger partial charge in [-0.25, -0.2) is 14.8 Å². The van der Waals surface area contributed by atoms with Gasteiger partial charge in [0.25, 0.3) is 0 Å². The average Bonchev–Trinajstić information content (AvgIpc) is 3.42. The zero-order chi connectivity index (χ0) is 28.4. The molecule has 2 heterocycles. The molecular formula is C32H34N6O3. The minimum Gasteiger partial charge on any atom is -0.494 e. The van der Waals surface area contributed by atoms with Crippen LogP contribution >= 0.6 is 0 Å². The highest BCUT2D eigenvalue weighted by molar-refractivity contribution is 5.99. The van der Waals surface area contributed by atoms with E-state index >= 15 is 0 Å². The van der Waals surface area contributed by atoms with Crippen LogP contribution in [0.1, 0.15) is 12.0 Å². The number of anilines is 3. The van der Waals surface area contributed by atoms with Crippen LogP contribution < -0.4 is 20.7 Å². The smallest absolute Gasteiger partial charge is 0.323 e. The third kappa shape index (κ3) is 7.83. The van der Waals surface area contributed by atoms with Gasteiger partial charge in [-0.3, -0.25) is 0 Å². The Morgan fingerprint density at radius 3 is 2.37 bits per heavy atom. The number of amides is 2. The second kappa shape index (κ2) is 13.5. The van der Waals surface area contributed by atoms with Crippen molar-refractivity contribution < 1.29 is 13.9 Å². The molecular weight excluding hydrogens is 516 g/mol. The van der Waals surface area contributed by atoms with E-state index in [0.717, 1.165) is 53.3 Å². The number of rotatable bonds is 12. The van der Waals surface area contributed by atoms with E-state index in [1.807, 2.05) is 84.9 Å². The molecule has 5 aromatic rings. The maximum absolute atomic E-state index is 12.2. The standard InChI is InChI=1S/C32H34N6O3/c1-38(2)21-6-22-40-27-15-11-24(12-16-27)30-37-29-28(18-20-34-31(29)41-30)33-19-17-23-9-13-26(14-10-23)36-32(39)35-25-7-4-3-5-8-25/h3-5,7-16,18,20H,6,17,19,21-22H2,1-2H3,(H,33,34)(H2,35,36,39). The predicted octanol–water partition coefficient (Wildman–Crippen LogP) is 6.52. The van der Waals surface area contributed by atoms with Gasteiger partial charge in [0.05, 0.1) is 12.3 Å². The normalized spacial score (nSPS) is 11.0. The highest BCUT2D eigenvalue weighted by atomic mass is 16.5. The van der Waals surface area contributed by atoms with Gasteiger partial charge in [-0.15, -0.1) is 0 Å². The van der Waals surface area contributed by atoms with E-state index in [2.05, 4.69) is 39.9 Å². The Labute approximate surface area is 239 Å². The summed E-state index contributed by atoms with van der Waals surface area (Å²) in [6, 6.07) is 26.5. The zero-order valence-electron chi connectivity index (χ0n) is 23.3. The summed E-state index contributed by atoms with van der Waals surface area (Å²) < 4.78 is 11.8. The van der Waals surface area contributed by atoms with Gasteiger partial charge in [-0.1, -0.05) is 30.3 Å². The van der Waals surface area contributed by atoms with Crippen molar-refractivity contribution in [3.63, 3.8) is 0 Å². The van der Waals surface area contributed by atoms with Gasteiger partial charge in [0.2, 0.25) is 11.6 Å². The summed E-state index contributed by atoms with van der Waals surface area (Å²) in [5.41, 5.74) is 5.51. The van der Waals surface area contributed by atoms with E-state index in [9.17, 15) is 4.79 Å². The van der Waals surface area contributed by atoms with E-state index in [-0.39, 0.29) is 6.03 Å². The number of hydrogen-bond donors (Lipinski definition) is 3. The number of urea groups is 1. The molecule has 0 saturated heterocycles. The Kier molecular flexibility index (Phi) is 9.08. The molecule has 0 aliphatic carbocycles. The Hall–Kier alpha value is -4.89. The first-order chi connectivity index (χ1) is 20.0. The van der Waals surface area contributed by atoms with Crippen LogP contribution in [0.4, 0.5) is 21.9 Å². The molecule has 5 rings (SSSR count). The van der Waals surface area contributed by atoms with Crippen molar-refractivity contribution in [2.24, 2.45) is 0 Å². The fourth-order valence-electron chi connectivity index (χ4n) is 4.28. The largest absolute Gasteiger partial charge is 0.494 e. The number of oxazole rings is 1. The van der Waals surface area contributed by atoms with Crippen molar-refractivity contribution >= 4 is 34.3 Å². The van der Waals surface area contributed by atoms with Gasteiger partial charge in [-0.2, -0.15) is 0 Å². The molecule has 0 aliphatic rings. The highest BCUT2D eigenvalue weighted by Gasteiger charge is 2.13. The van der Waals surface area contributed by atoms with Gasteiger partial charge in [0, 0.05) is 36.2 Å². The minimum atomic E-state index is -0.279. The van der Waals surface area contributed by atoms with E-state index in [0.29, 0.717) is 30.3 Å². The number of aromatic nitrogens is 2. The molecule has 0 aliphatic heterocycles. The van der Waals surface area contributed by atoms with Crippen molar-refractivity contribution in [2.75, 3.05) is 49.7 Å². The van der Waals surface area contributed by atoms with Crippen LogP contribution in [0.15, 0.2) is 95.5 Å². The topological polar surface area (TPSA) is 105 Å². The SMILES string of the molecule is CN(C)CCCOc1ccc(-c2nc3c(NCCc4ccc(NC(=O)Nc5ccccc5)cc4)ccnc3o2)cc1. The molecule has 3 N–H and O–H groups in total. The van der Waals surface area contributed by atoms with Crippen LogP contribution in [0.25, 0.3) is 22.7 Å². The molecule has 0 unspecified atom stereocenters. The number of ether oxygens (including phenoxy) is 1. The second-order valence-corrected chi connectivity index (χ2v) is 9.88. The third-order valence-electron chi connectivity index (χ3n) is 6.39. The first kappa shape index (κ1) is 27.7. The molecule has 210 valence electrons. The van der Waals surface area contributed by atoms with Gasteiger partial charge in [-0.05, 0) is 87.1 Å². The Balaban J connectivity index is 1.14. The number of benzene rings is 3. The molecule has 0 spiro atoms. The number of nitrogens with one attached hydrogen (secondary N) is 3. The van der Waals surface area contributed by atoms with E-state index in [1.54, 1.807) is 6.20 Å². The summed E-state index contributed by atoms with van der Waals surface area (Å²) in [5, 5.41) is 9.12. The van der Waals surface area contributed by atoms with Crippen LogP contribution in [0.5, 0.6) is 5.75 Å². The van der Waals surface area contributed by atoms with Crippen LogP contribution in [-0.2, 0) is 6.42 Å². The summed E-state index contributed by atoms with van der Waals surface area (Å²) >= 11 is 0. The summed E-state index contributed by atoms with van der Waals surface area (Å²) in [5.74, 6) is 1.34. The maximum atomic E-state index is 12.2. The van der Waals surface area contributed by atoms with Crippen LogP contribution in [0.2, 0.25) is 0 Å². The lowest BCUT2D eigenvalue weighted by Crippen LogP contribution is -2.19. The van der Waals surface area contributed by atoms with Gasteiger partial charge in [0.15, 0.2) is 5.52 Å². The summed E-state index contributed by atoms with van der Waals surface area (Å²) in [4.78, 5) is 23.4. The zero-order valence-corrected chi connectivity index (χ0v) is 23.3. The lowest BCUT2D eigenvalue weighted by atomic mass is 10.1. The van der Waals surface area contributed by atoms with E-state index in [1.165, 1.54) is 0 Å². The molecule has 2 amide bonds. The minimum absolute atomic E-state index is 0.279. The van der Waals surface area contributed by atoms with Crippen LogP contribution in [0.3, 0.4) is 0 Å². The first-order valence-corrected chi connectivity index (χ1v) is 13.6. The van der Waals surface area contributed by atoms with E-state index < -0.39 is 0 Å². The summed E-state index contributed by atoms with van der Waals surface area (Å²) in [7, 11) is 4.11. The number of fused-ring (bicyclic) bond motifs is 1. The number of hydrogen-bond acceptors (Lipinski definition) is 7. The molecule has 0 saturated carbocycles. The molecule has 0 atom stereocenters. The van der Waals surface area contributed by atoms with Gasteiger partial charge < -0.3 is 30.0 Å². The molecule has 0 bridgehead atoms. The lowest BCUT2D eigenvalue weighted by Gasteiger charge is -2.10. The Bertz CT molecular complexity index is 1550. The molecule has 3 aromatic carbocycles. The average molecular weight is 551 g/mol. The number of pyridine rings is 1. The molecule has 2 aromatic heterocycles. The highest BCUT2D eigenvalue weighted by Crippen LogP contribution is 2.28. The number of para-hydroxylation sites is 1. The van der Waals surface area contributed by atoms with Gasteiger partial charge in [0.1, 0.15) is 5.75 Å². The maximum Gasteiger partial charge on any atom is 0.323 e. The fourth-order valence-corrected chi connectivity index (χ4v) is 4.28. The Morgan fingerprint density at radius 1 is 0.902 bits per heavy atom. The number of carbonyl (C=O) groups is 1. The fraction of sp³-hybridized carbons (Fsp3) is 0.219. The molecule has 9 nitrogen and oxygen atoms in total.